The predicted molar refractivity (Wildman–Crippen MR) is 87.0 cm³/mol. The Bertz CT molecular complexity index is 645. The first-order valence-electron chi connectivity index (χ1n) is 6.56. The Hall–Kier alpha value is -1.92. The molecule has 4 N–H and O–H groups in total. The summed E-state index contributed by atoms with van der Waals surface area (Å²) in [6.07, 6.45) is 2.37. The molecule has 0 bridgehead atoms. The van der Waals surface area contributed by atoms with Gasteiger partial charge in [-0.05, 0) is 46.5 Å². The lowest BCUT2D eigenvalue weighted by molar-refractivity contribution is 0.0954. The maximum Gasteiger partial charge on any atom is 0.255 e. The minimum absolute atomic E-state index is 0.203. The Labute approximate surface area is 132 Å². The zero-order valence-electron chi connectivity index (χ0n) is 11.7. The van der Waals surface area contributed by atoms with Gasteiger partial charge in [0.2, 0.25) is 0 Å². The highest BCUT2D eigenvalue weighted by atomic mass is 79.9. The van der Waals surface area contributed by atoms with Gasteiger partial charge < -0.3 is 10.7 Å². The minimum Gasteiger partial charge on any atom is -0.352 e. The van der Waals surface area contributed by atoms with Gasteiger partial charge in [0, 0.05) is 17.2 Å². The maximum atomic E-state index is 12.2. The number of aromatic nitrogens is 1. The number of pyridine rings is 1. The molecule has 1 heterocycles. The van der Waals surface area contributed by atoms with Gasteiger partial charge in [-0.25, -0.2) is 10.8 Å². The summed E-state index contributed by atoms with van der Waals surface area (Å²) in [6, 6.07) is 9.81. The Morgan fingerprint density at radius 3 is 2.86 bits per heavy atom. The highest BCUT2D eigenvalue weighted by Crippen LogP contribution is 2.17. The van der Waals surface area contributed by atoms with Crippen LogP contribution < -0.4 is 16.6 Å². The Balaban J connectivity index is 1.99. The number of hydrogen-bond donors (Lipinski definition) is 3. The number of nitrogen functional groups attached to an aromatic ring is 1. The van der Waals surface area contributed by atoms with Crippen molar-refractivity contribution in [2.45, 2.75) is 13.3 Å². The largest absolute Gasteiger partial charge is 0.352 e. The van der Waals surface area contributed by atoms with Crippen LogP contribution in [0.1, 0.15) is 21.5 Å². The molecule has 2 aromatic rings. The number of nitrogens with two attached hydrogens (primary N) is 1. The minimum atomic E-state index is -0.203. The highest BCUT2D eigenvalue weighted by Gasteiger charge is 2.12. The molecule has 0 aliphatic rings. The second-order valence-electron chi connectivity index (χ2n) is 4.63. The lowest BCUT2D eigenvalue weighted by Crippen LogP contribution is -2.27. The fraction of sp³-hybridized carbons (Fsp3) is 0.200. The van der Waals surface area contributed by atoms with Crippen LogP contribution in [0.25, 0.3) is 0 Å². The van der Waals surface area contributed by atoms with E-state index >= 15 is 0 Å². The van der Waals surface area contributed by atoms with Gasteiger partial charge in [0.05, 0.1) is 5.56 Å². The van der Waals surface area contributed by atoms with Crippen molar-refractivity contribution in [3.63, 3.8) is 0 Å². The number of benzene rings is 1. The molecule has 0 aliphatic carbocycles. The number of halogens is 1. The van der Waals surface area contributed by atoms with E-state index < -0.39 is 0 Å². The Morgan fingerprint density at radius 1 is 1.38 bits per heavy atom. The first-order valence-corrected chi connectivity index (χ1v) is 7.36. The summed E-state index contributed by atoms with van der Waals surface area (Å²) < 4.78 is 0.727. The molecule has 1 aromatic carbocycles. The molecule has 1 aromatic heterocycles. The standard InChI is InChI=1S/C15H17BrN4O/c1-10-4-2-3-5-11(10)6-7-18-15(21)13-8-12(16)9-19-14(13)20-17/h2-5,8-9H,6-7,17H2,1H3,(H,18,21)(H,19,20). The molecule has 0 atom stereocenters. The first kappa shape index (κ1) is 15.5. The van der Waals surface area contributed by atoms with Gasteiger partial charge in [0.25, 0.3) is 5.91 Å². The molecule has 110 valence electrons. The maximum absolute atomic E-state index is 12.2. The summed E-state index contributed by atoms with van der Waals surface area (Å²) in [7, 11) is 0. The molecule has 6 heteroatoms. The Morgan fingerprint density at radius 2 is 2.14 bits per heavy atom. The van der Waals surface area contributed by atoms with E-state index in [1.54, 1.807) is 12.3 Å². The smallest absolute Gasteiger partial charge is 0.255 e. The van der Waals surface area contributed by atoms with Crippen LogP contribution in [0, 0.1) is 6.92 Å². The molecule has 0 saturated carbocycles. The van der Waals surface area contributed by atoms with Crippen molar-refractivity contribution in [1.29, 1.82) is 0 Å². The average molecular weight is 349 g/mol. The molecule has 5 nitrogen and oxygen atoms in total. The SMILES string of the molecule is Cc1ccccc1CCNC(=O)c1cc(Br)cnc1NN. The van der Waals surface area contributed by atoms with Crippen molar-refractivity contribution in [3.05, 3.63) is 57.7 Å². The van der Waals surface area contributed by atoms with E-state index in [0.29, 0.717) is 17.9 Å². The monoisotopic (exact) mass is 348 g/mol. The van der Waals surface area contributed by atoms with Crippen molar-refractivity contribution in [1.82, 2.24) is 10.3 Å². The second-order valence-corrected chi connectivity index (χ2v) is 5.54. The molecule has 0 spiro atoms. The summed E-state index contributed by atoms with van der Waals surface area (Å²) in [6.45, 7) is 2.62. The van der Waals surface area contributed by atoms with Crippen LogP contribution in [-0.2, 0) is 6.42 Å². The number of hydrogen-bond acceptors (Lipinski definition) is 4. The van der Waals surface area contributed by atoms with Crippen molar-refractivity contribution in [2.24, 2.45) is 5.84 Å². The van der Waals surface area contributed by atoms with E-state index in [1.165, 1.54) is 11.1 Å². The van der Waals surface area contributed by atoms with Crippen molar-refractivity contribution >= 4 is 27.7 Å². The molecule has 1 amide bonds. The lowest BCUT2D eigenvalue weighted by Gasteiger charge is -2.10. The number of amides is 1. The predicted octanol–water partition coefficient (Wildman–Crippen LogP) is 2.41. The Kier molecular flexibility index (Phi) is 5.30. The second kappa shape index (κ2) is 7.19. The zero-order chi connectivity index (χ0) is 15.2. The molecule has 0 aliphatic heterocycles. The zero-order valence-corrected chi connectivity index (χ0v) is 13.3. The van der Waals surface area contributed by atoms with Gasteiger partial charge in [0.1, 0.15) is 0 Å². The van der Waals surface area contributed by atoms with Crippen LogP contribution in [0.5, 0.6) is 0 Å². The van der Waals surface area contributed by atoms with Crippen LogP contribution in [0.4, 0.5) is 5.82 Å². The van der Waals surface area contributed by atoms with Crippen LogP contribution in [0.15, 0.2) is 41.0 Å². The van der Waals surface area contributed by atoms with Gasteiger partial charge >= 0.3 is 0 Å². The molecular formula is C15H17BrN4O. The number of rotatable bonds is 5. The molecule has 0 fully saturated rings. The van der Waals surface area contributed by atoms with Gasteiger partial charge in [-0.1, -0.05) is 24.3 Å². The van der Waals surface area contributed by atoms with E-state index in [4.69, 9.17) is 5.84 Å². The topological polar surface area (TPSA) is 80.0 Å². The number of hydrazine groups is 1. The molecular weight excluding hydrogens is 332 g/mol. The van der Waals surface area contributed by atoms with Gasteiger partial charge in [-0.3, -0.25) is 4.79 Å². The van der Waals surface area contributed by atoms with Gasteiger partial charge in [0.15, 0.2) is 5.82 Å². The fourth-order valence-corrected chi connectivity index (χ4v) is 2.36. The van der Waals surface area contributed by atoms with E-state index in [-0.39, 0.29) is 5.91 Å². The third-order valence-corrected chi connectivity index (χ3v) is 3.61. The number of nitrogens with zero attached hydrogens (tertiary/aromatic N) is 1. The summed E-state index contributed by atoms with van der Waals surface area (Å²) >= 11 is 3.30. The van der Waals surface area contributed by atoms with Crippen molar-refractivity contribution in [2.75, 3.05) is 12.0 Å². The molecule has 0 saturated heterocycles. The number of carbonyl (C=O) groups is 1. The van der Waals surface area contributed by atoms with E-state index in [2.05, 4.69) is 50.7 Å². The number of aryl methyl sites for hydroxylation is 1. The number of nitrogens with one attached hydrogen (secondary N) is 2. The van der Waals surface area contributed by atoms with Crippen LogP contribution in [0.3, 0.4) is 0 Å². The van der Waals surface area contributed by atoms with Crippen molar-refractivity contribution < 1.29 is 4.79 Å². The first-order chi connectivity index (χ1) is 10.1. The van der Waals surface area contributed by atoms with Gasteiger partial charge in [-0.15, -0.1) is 0 Å². The average Bonchev–Trinajstić information content (AvgIpc) is 2.49. The molecule has 21 heavy (non-hydrogen) atoms. The summed E-state index contributed by atoms with van der Waals surface area (Å²) in [5.41, 5.74) is 5.29. The molecule has 0 radical (unpaired) electrons. The highest BCUT2D eigenvalue weighted by molar-refractivity contribution is 9.10. The summed E-state index contributed by atoms with van der Waals surface area (Å²) in [4.78, 5) is 16.2. The van der Waals surface area contributed by atoms with Crippen LogP contribution in [0.2, 0.25) is 0 Å². The summed E-state index contributed by atoms with van der Waals surface area (Å²) in [5.74, 6) is 5.52. The fourth-order valence-electron chi connectivity index (χ4n) is 2.02. The summed E-state index contributed by atoms with van der Waals surface area (Å²) in [5, 5.41) is 2.88. The van der Waals surface area contributed by atoms with E-state index in [0.717, 1.165) is 10.9 Å². The van der Waals surface area contributed by atoms with Crippen LogP contribution >= 0.6 is 15.9 Å². The normalized spacial score (nSPS) is 10.2. The van der Waals surface area contributed by atoms with Gasteiger partial charge in [-0.2, -0.15) is 0 Å². The lowest BCUT2D eigenvalue weighted by atomic mass is 10.1. The van der Waals surface area contributed by atoms with E-state index in [1.807, 2.05) is 12.1 Å². The quantitative estimate of drug-likeness (QED) is 0.572. The molecule has 2 rings (SSSR count). The number of carbonyl (C=O) groups excluding carboxylic acids is 1. The van der Waals surface area contributed by atoms with Crippen molar-refractivity contribution in [3.8, 4) is 0 Å². The molecule has 0 unspecified atom stereocenters. The third-order valence-electron chi connectivity index (χ3n) is 3.18. The van der Waals surface area contributed by atoms with Crippen LogP contribution in [-0.4, -0.2) is 17.4 Å². The number of anilines is 1. The van der Waals surface area contributed by atoms with E-state index in [9.17, 15) is 4.79 Å². The third kappa shape index (κ3) is 4.03.